The summed E-state index contributed by atoms with van der Waals surface area (Å²) >= 11 is 5.82. The van der Waals surface area contributed by atoms with Gasteiger partial charge in [0.15, 0.2) is 5.79 Å². The maximum absolute atomic E-state index is 11.9. The van der Waals surface area contributed by atoms with Crippen LogP contribution in [-0.4, -0.2) is 30.9 Å². The minimum atomic E-state index is -0.356. The van der Waals surface area contributed by atoms with Crippen LogP contribution >= 0.6 is 11.6 Å². The van der Waals surface area contributed by atoms with Crippen molar-refractivity contribution in [3.63, 3.8) is 0 Å². The number of rotatable bonds is 4. The van der Waals surface area contributed by atoms with Crippen LogP contribution < -0.4 is 5.32 Å². The van der Waals surface area contributed by atoms with E-state index >= 15 is 0 Å². The zero-order valence-corrected chi connectivity index (χ0v) is 12.7. The topological polar surface area (TPSA) is 47.6 Å². The molecule has 2 aliphatic rings. The third-order valence-corrected chi connectivity index (χ3v) is 4.34. The highest BCUT2D eigenvalue weighted by atomic mass is 35.5. The van der Waals surface area contributed by atoms with Gasteiger partial charge in [0, 0.05) is 24.4 Å². The van der Waals surface area contributed by atoms with Gasteiger partial charge in [-0.2, -0.15) is 0 Å². The lowest BCUT2D eigenvalue weighted by Gasteiger charge is -2.21. The molecule has 0 aromatic heterocycles. The molecule has 1 saturated carbocycles. The first kappa shape index (κ1) is 14.8. The first-order valence-electron chi connectivity index (χ1n) is 7.48. The lowest BCUT2D eigenvalue weighted by atomic mass is 10.1. The van der Waals surface area contributed by atoms with E-state index in [1.54, 1.807) is 12.1 Å². The zero-order chi connectivity index (χ0) is 14.7. The van der Waals surface area contributed by atoms with E-state index < -0.39 is 0 Å². The summed E-state index contributed by atoms with van der Waals surface area (Å²) in [5.41, 5.74) is 0.952. The average molecular weight is 310 g/mol. The third-order valence-electron chi connectivity index (χ3n) is 4.08. The van der Waals surface area contributed by atoms with E-state index in [0.717, 1.165) is 31.2 Å². The van der Waals surface area contributed by atoms with E-state index in [9.17, 15) is 4.79 Å². The molecule has 5 heteroatoms. The predicted octanol–water partition coefficient (Wildman–Crippen LogP) is 2.68. The van der Waals surface area contributed by atoms with Gasteiger partial charge in [0.2, 0.25) is 5.91 Å². The standard InChI is InChI=1S/C16H20ClNO3/c17-13-5-3-12(4-6-13)9-15(19)18-10-14-11-20-16(21-14)7-1-2-8-16/h3-6,14H,1-2,7-11H2,(H,18,19). The summed E-state index contributed by atoms with van der Waals surface area (Å²) in [6.07, 6.45) is 4.60. The molecule has 1 amide bonds. The molecule has 1 N–H and O–H groups in total. The summed E-state index contributed by atoms with van der Waals surface area (Å²) in [5.74, 6) is -0.362. The second-order valence-corrected chi connectivity index (χ2v) is 6.21. The smallest absolute Gasteiger partial charge is 0.224 e. The van der Waals surface area contributed by atoms with Gasteiger partial charge in [0.1, 0.15) is 6.10 Å². The molecule has 3 rings (SSSR count). The fourth-order valence-corrected chi connectivity index (χ4v) is 3.10. The molecule has 1 aliphatic carbocycles. The van der Waals surface area contributed by atoms with Gasteiger partial charge in [-0.15, -0.1) is 0 Å². The number of ether oxygens (including phenoxy) is 2. The van der Waals surface area contributed by atoms with Crippen molar-refractivity contribution in [2.45, 2.75) is 44.0 Å². The number of hydrogen-bond acceptors (Lipinski definition) is 3. The molecule has 21 heavy (non-hydrogen) atoms. The Labute approximate surface area is 129 Å². The minimum Gasteiger partial charge on any atom is -0.353 e. The third kappa shape index (κ3) is 3.76. The molecule has 4 nitrogen and oxygen atoms in total. The highest BCUT2D eigenvalue weighted by molar-refractivity contribution is 6.30. The van der Waals surface area contributed by atoms with Crippen molar-refractivity contribution in [2.75, 3.05) is 13.2 Å². The molecule has 0 radical (unpaired) electrons. The molecule has 1 unspecified atom stereocenters. The Hall–Kier alpha value is -1.10. The van der Waals surface area contributed by atoms with Crippen molar-refractivity contribution in [1.29, 1.82) is 0 Å². The van der Waals surface area contributed by atoms with E-state index in [1.807, 2.05) is 12.1 Å². The summed E-state index contributed by atoms with van der Waals surface area (Å²) in [4.78, 5) is 11.9. The number of halogens is 1. The van der Waals surface area contributed by atoms with Gasteiger partial charge in [0.25, 0.3) is 0 Å². The van der Waals surface area contributed by atoms with E-state index in [4.69, 9.17) is 21.1 Å². The quantitative estimate of drug-likeness (QED) is 0.930. The first-order valence-corrected chi connectivity index (χ1v) is 7.86. The van der Waals surface area contributed by atoms with Crippen molar-refractivity contribution in [1.82, 2.24) is 5.32 Å². The molecule has 2 fully saturated rings. The molecule has 1 atom stereocenters. The first-order chi connectivity index (χ1) is 10.2. The molecule has 1 aromatic rings. The highest BCUT2D eigenvalue weighted by Crippen LogP contribution is 2.38. The second-order valence-electron chi connectivity index (χ2n) is 5.78. The van der Waals surface area contributed by atoms with Crippen molar-refractivity contribution in [2.24, 2.45) is 0 Å². The van der Waals surface area contributed by atoms with E-state index in [1.165, 1.54) is 0 Å². The Morgan fingerprint density at radius 2 is 2.00 bits per heavy atom. The number of hydrogen-bond donors (Lipinski definition) is 1. The van der Waals surface area contributed by atoms with Crippen molar-refractivity contribution in [3.8, 4) is 0 Å². The van der Waals surface area contributed by atoms with Crippen LogP contribution in [0.3, 0.4) is 0 Å². The Kier molecular flexibility index (Phi) is 4.48. The monoisotopic (exact) mass is 309 g/mol. The minimum absolute atomic E-state index is 0.00621. The zero-order valence-electron chi connectivity index (χ0n) is 11.9. The number of carbonyl (C=O) groups excluding carboxylic acids is 1. The predicted molar refractivity (Wildman–Crippen MR) is 80.2 cm³/mol. The average Bonchev–Trinajstić information content (AvgIpc) is 3.10. The van der Waals surface area contributed by atoms with Crippen LogP contribution in [0.4, 0.5) is 0 Å². The molecule has 114 valence electrons. The molecule has 1 saturated heterocycles. The molecule has 1 aromatic carbocycles. The van der Waals surface area contributed by atoms with E-state index in [2.05, 4.69) is 5.32 Å². The van der Waals surface area contributed by atoms with Crippen molar-refractivity contribution in [3.05, 3.63) is 34.9 Å². The maximum atomic E-state index is 11.9. The number of nitrogens with one attached hydrogen (secondary N) is 1. The Bertz CT molecular complexity index is 497. The Balaban J connectivity index is 1.43. The Morgan fingerprint density at radius 3 is 2.71 bits per heavy atom. The van der Waals surface area contributed by atoms with Gasteiger partial charge < -0.3 is 14.8 Å². The normalized spacial score (nSPS) is 23.6. The molecule has 1 spiro atoms. The van der Waals surface area contributed by atoms with E-state index in [0.29, 0.717) is 24.6 Å². The summed E-state index contributed by atoms with van der Waals surface area (Å²) in [5, 5.41) is 3.60. The van der Waals surface area contributed by atoms with Gasteiger partial charge in [-0.25, -0.2) is 0 Å². The number of amides is 1. The van der Waals surface area contributed by atoms with E-state index in [-0.39, 0.29) is 17.8 Å². The fourth-order valence-electron chi connectivity index (χ4n) is 2.97. The van der Waals surface area contributed by atoms with Crippen LogP contribution in [-0.2, 0) is 20.7 Å². The van der Waals surface area contributed by atoms with Crippen LogP contribution in [0.2, 0.25) is 5.02 Å². The molecular formula is C16H20ClNO3. The lowest BCUT2D eigenvalue weighted by molar-refractivity contribution is -0.161. The lowest BCUT2D eigenvalue weighted by Crippen LogP contribution is -2.35. The molecule has 1 heterocycles. The molecular weight excluding hydrogens is 290 g/mol. The Morgan fingerprint density at radius 1 is 1.29 bits per heavy atom. The summed E-state index contributed by atoms with van der Waals surface area (Å²) < 4.78 is 11.8. The number of benzene rings is 1. The molecule has 0 bridgehead atoms. The van der Waals surface area contributed by atoms with Gasteiger partial charge in [0.05, 0.1) is 13.0 Å². The van der Waals surface area contributed by atoms with Crippen LogP contribution in [0.5, 0.6) is 0 Å². The second kappa shape index (κ2) is 6.34. The molecule has 1 aliphatic heterocycles. The van der Waals surface area contributed by atoms with Crippen LogP contribution in [0.25, 0.3) is 0 Å². The van der Waals surface area contributed by atoms with Crippen molar-refractivity contribution >= 4 is 17.5 Å². The maximum Gasteiger partial charge on any atom is 0.224 e. The van der Waals surface area contributed by atoms with Gasteiger partial charge in [-0.3, -0.25) is 4.79 Å². The van der Waals surface area contributed by atoms with Crippen LogP contribution in [0.1, 0.15) is 31.2 Å². The highest BCUT2D eigenvalue weighted by Gasteiger charge is 2.43. The van der Waals surface area contributed by atoms with Gasteiger partial charge >= 0.3 is 0 Å². The SMILES string of the molecule is O=C(Cc1ccc(Cl)cc1)NCC1COC2(CCCC2)O1. The van der Waals surface area contributed by atoms with Crippen molar-refractivity contribution < 1.29 is 14.3 Å². The fraction of sp³-hybridized carbons (Fsp3) is 0.562. The summed E-state index contributed by atoms with van der Waals surface area (Å²) in [6.45, 7) is 1.08. The summed E-state index contributed by atoms with van der Waals surface area (Å²) in [7, 11) is 0. The van der Waals surface area contributed by atoms with Crippen LogP contribution in [0.15, 0.2) is 24.3 Å². The largest absolute Gasteiger partial charge is 0.353 e. The van der Waals surface area contributed by atoms with Gasteiger partial charge in [-0.1, -0.05) is 23.7 Å². The van der Waals surface area contributed by atoms with Gasteiger partial charge in [-0.05, 0) is 30.5 Å². The summed E-state index contributed by atoms with van der Waals surface area (Å²) in [6, 6.07) is 7.32. The van der Waals surface area contributed by atoms with Crippen LogP contribution in [0, 0.1) is 0 Å². The number of carbonyl (C=O) groups is 1.